The van der Waals surface area contributed by atoms with Gasteiger partial charge in [0.05, 0.1) is 24.0 Å². The van der Waals surface area contributed by atoms with Crippen LogP contribution in [0.15, 0.2) is 53.5 Å². The molecule has 30 heavy (non-hydrogen) atoms. The van der Waals surface area contributed by atoms with Gasteiger partial charge < -0.3 is 4.90 Å². The van der Waals surface area contributed by atoms with Crippen LogP contribution in [0.3, 0.4) is 0 Å². The molecule has 1 amide bonds. The molecule has 2 aromatic carbocycles. The number of amidine groups is 1. The lowest BCUT2D eigenvalue weighted by atomic mass is 10.1. The Morgan fingerprint density at radius 2 is 1.90 bits per heavy atom. The predicted octanol–water partition coefficient (Wildman–Crippen LogP) is 2.87. The summed E-state index contributed by atoms with van der Waals surface area (Å²) >= 11 is 1.27. The molecule has 2 aliphatic rings. The van der Waals surface area contributed by atoms with Gasteiger partial charge in [-0.3, -0.25) is 9.59 Å². The number of nitrogens with zero attached hydrogens (tertiary/aromatic N) is 2. The Bertz CT molecular complexity index is 1150. The molecule has 2 aromatic rings. The molecule has 9 heteroatoms. The summed E-state index contributed by atoms with van der Waals surface area (Å²) in [4.78, 5) is 30.4. The number of Topliss-reactive ketones (excluding diaryl/α,β-unsaturated/α-hetero) is 1. The summed E-state index contributed by atoms with van der Waals surface area (Å²) in [6, 6.07) is 12.2. The smallest absolute Gasteiger partial charge is 0.252 e. The Morgan fingerprint density at radius 1 is 1.17 bits per heavy atom. The third kappa shape index (κ3) is 4.32. The number of amides is 1. The molecule has 2 unspecified atom stereocenters. The standard InChI is InChI=1S/C21H19FN2O4S2/c1-13(25)15-3-2-4-17(10-15)24-18-11-30(27,28)12-19(18)29-21(24)23-20(26)9-14-5-7-16(22)8-6-14/h2-8,10,18-19H,9,11-12H2,1H3. The molecular weight excluding hydrogens is 427 g/mol. The molecule has 0 aliphatic carbocycles. The Morgan fingerprint density at radius 3 is 2.60 bits per heavy atom. The van der Waals surface area contributed by atoms with E-state index in [9.17, 15) is 22.4 Å². The van der Waals surface area contributed by atoms with E-state index in [4.69, 9.17) is 0 Å². The minimum Gasteiger partial charge on any atom is -0.316 e. The zero-order chi connectivity index (χ0) is 21.5. The summed E-state index contributed by atoms with van der Waals surface area (Å²) in [5.41, 5.74) is 1.77. The molecule has 2 saturated heterocycles. The minimum atomic E-state index is -3.18. The third-order valence-corrected chi connectivity index (χ3v) is 8.30. The van der Waals surface area contributed by atoms with Crippen molar-refractivity contribution < 1.29 is 22.4 Å². The second kappa shape index (κ2) is 7.96. The molecule has 2 aliphatic heterocycles. The van der Waals surface area contributed by atoms with Gasteiger partial charge in [0.25, 0.3) is 5.91 Å². The van der Waals surface area contributed by atoms with Crippen molar-refractivity contribution in [1.82, 2.24) is 0 Å². The minimum absolute atomic E-state index is 0.0132. The fourth-order valence-electron chi connectivity index (χ4n) is 3.66. The van der Waals surface area contributed by atoms with Crippen molar-refractivity contribution in [3.8, 4) is 0 Å². The van der Waals surface area contributed by atoms with Crippen molar-refractivity contribution in [3.63, 3.8) is 0 Å². The average molecular weight is 447 g/mol. The highest BCUT2D eigenvalue weighted by molar-refractivity contribution is 8.16. The van der Waals surface area contributed by atoms with Crippen molar-refractivity contribution in [3.05, 3.63) is 65.5 Å². The van der Waals surface area contributed by atoms with Gasteiger partial charge in [0.2, 0.25) is 0 Å². The highest BCUT2D eigenvalue weighted by Crippen LogP contribution is 2.41. The van der Waals surface area contributed by atoms with E-state index in [0.29, 0.717) is 22.0 Å². The van der Waals surface area contributed by atoms with Gasteiger partial charge in [-0.25, -0.2) is 12.8 Å². The number of carbonyl (C=O) groups excluding carboxylic acids is 2. The van der Waals surface area contributed by atoms with Crippen molar-refractivity contribution in [2.75, 3.05) is 16.4 Å². The van der Waals surface area contributed by atoms with Gasteiger partial charge in [0.1, 0.15) is 5.82 Å². The van der Waals surface area contributed by atoms with Crippen molar-refractivity contribution in [2.45, 2.75) is 24.6 Å². The number of rotatable bonds is 4. The first-order valence-corrected chi connectivity index (χ1v) is 12.1. The van der Waals surface area contributed by atoms with Gasteiger partial charge in [0.15, 0.2) is 20.8 Å². The first-order valence-electron chi connectivity index (χ1n) is 9.35. The monoisotopic (exact) mass is 446 g/mol. The molecule has 2 fully saturated rings. The highest BCUT2D eigenvalue weighted by atomic mass is 32.2. The molecule has 2 heterocycles. The zero-order valence-corrected chi connectivity index (χ0v) is 17.7. The topological polar surface area (TPSA) is 83.9 Å². The highest BCUT2D eigenvalue weighted by Gasteiger charge is 2.49. The fraction of sp³-hybridized carbons (Fsp3) is 0.286. The average Bonchev–Trinajstić information content (AvgIpc) is 3.14. The lowest BCUT2D eigenvalue weighted by Gasteiger charge is -2.24. The van der Waals surface area contributed by atoms with Gasteiger partial charge in [-0.2, -0.15) is 4.99 Å². The molecule has 0 aromatic heterocycles. The number of hydrogen-bond acceptors (Lipinski definition) is 5. The lowest BCUT2D eigenvalue weighted by Crippen LogP contribution is -2.37. The zero-order valence-electron chi connectivity index (χ0n) is 16.1. The number of benzene rings is 2. The van der Waals surface area contributed by atoms with Crippen LogP contribution >= 0.6 is 11.8 Å². The van der Waals surface area contributed by atoms with Crippen molar-refractivity contribution in [1.29, 1.82) is 0 Å². The summed E-state index contributed by atoms with van der Waals surface area (Å²) in [6.07, 6.45) is 0.0132. The van der Waals surface area contributed by atoms with E-state index in [2.05, 4.69) is 4.99 Å². The molecule has 0 N–H and O–H groups in total. The van der Waals surface area contributed by atoms with Crippen molar-refractivity contribution >= 4 is 44.1 Å². The Labute approximate surface area is 178 Å². The summed E-state index contributed by atoms with van der Waals surface area (Å²) in [5.74, 6) is -0.893. The number of fused-ring (bicyclic) bond motifs is 1. The van der Waals surface area contributed by atoms with Crippen LogP contribution in [0.2, 0.25) is 0 Å². The van der Waals surface area contributed by atoms with Crippen LogP contribution in [0.4, 0.5) is 10.1 Å². The van der Waals surface area contributed by atoms with Crippen LogP contribution < -0.4 is 4.90 Å². The maximum absolute atomic E-state index is 13.1. The quantitative estimate of drug-likeness (QED) is 0.672. The molecule has 0 radical (unpaired) electrons. The molecule has 2 atom stereocenters. The van der Waals surface area contributed by atoms with E-state index in [1.807, 2.05) is 0 Å². The number of sulfone groups is 1. The summed E-state index contributed by atoms with van der Waals surface area (Å²) in [6.45, 7) is 1.46. The number of ketones is 1. The molecule has 0 bridgehead atoms. The van der Waals surface area contributed by atoms with Crippen LogP contribution in [-0.4, -0.2) is 48.1 Å². The summed E-state index contributed by atoms with van der Waals surface area (Å²) in [7, 11) is -3.18. The van der Waals surface area contributed by atoms with Crippen LogP contribution in [0, 0.1) is 5.82 Å². The van der Waals surface area contributed by atoms with Gasteiger partial charge in [0, 0.05) is 16.5 Å². The number of thioether (sulfide) groups is 1. The molecule has 6 nitrogen and oxygen atoms in total. The van der Waals surface area contributed by atoms with E-state index < -0.39 is 15.7 Å². The van der Waals surface area contributed by atoms with Gasteiger partial charge in [-0.05, 0) is 36.8 Å². The number of anilines is 1. The van der Waals surface area contributed by atoms with E-state index >= 15 is 0 Å². The normalized spacial score (nSPS) is 23.5. The molecule has 156 valence electrons. The first-order chi connectivity index (χ1) is 14.2. The Balaban J connectivity index is 1.66. The Hall–Kier alpha value is -2.52. The van der Waals surface area contributed by atoms with Crippen LogP contribution in [0.1, 0.15) is 22.8 Å². The molecular formula is C21H19FN2O4S2. The largest absolute Gasteiger partial charge is 0.316 e. The van der Waals surface area contributed by atoms with Gasteiger partial charge in [-0.1, -0.05) is 36.0 Å². The predicted molar refractivity (Wildman–Crippen MR) is 115 cm³/mol. The maximum atomic E-state index is 13.1. The van der Waals surface area contributed by atoms with Crippen LogP contribution in [-0.2, 0) is 21.1 Å². The second-order valence-corrected chi connectivity index (χ2v) is 10.7. The van der Waals surface area contributed by atoms with E-state index in [0.717, 1.165) is 0 Å². The third-order valence-electron chi connectivity index (χ3n) is 5.09. The van der Waals surface area contributed by atoms with E-state index in [1.54, 1.807) is 29.2 Å². The SMILES string of the molecule is CC(=O)c1cccc(N2C(=NC(=O)Cc3ccc(F)cc3)SC3CS(=O)(=O)CC32)c1. The van der Waals surface area contributed by atoms with Crippen molar-refractivity contribution in [2.24, 2.45) is 4.99 Å². The van der Waals surface area contributed by atoms with E-state index in [1.165, 1.54) is 43.0 Å². The molecule has 0 saturated carbocycles. The number of halogens is 1. The summed E-state index contributed by atoms with van der Waals surface area (Å²) < 4.78 is 37.4. The number of aliphatic imine (C=N–C) groups is 1. The Kier molecular flexibility index (Phi) is 5.50. The van der Waals surface area contributed by atoms with Crippen LogP contribution in [0.25, 0.3) is 0 Å². The second-order valence-electron chi connectivity index (χ2n) is 7.37. The van der Waals surface area contributed by atoms with Gasteiger partial charge in [-0.15, -0.1) is 0 Å². The van der Waals surface area contributed by atoms with Crippen LogP contribution in [0.5, 0.6) is 0 Å². The number of carbonyl (C=O) groups is 2. The molecule has 4 rings (SSSR count). The fourth-order valence-corrected chi connectivity index (χ4v) is 7.60. The first kappa shape index (κ1) is 20.7. The van der Waals surface area contributed by atoms with E-state index in [-0.39, 0.29) is 40.8 Å². The maximum Gasteiger partial charge on any atom is 0.252 e. The lowest BCUT2D eigenvalue weighted by molar-refractivity contribution is -0.117. The molecule has 0 spiro atoms. The van der Waals surface area contributed by atoms with Gasteiger partial charge >= 0.3 is 0 Å². The number of hydrogen-bond donors (Lipinski definition) is 0. The summed E-state index contributed by atoms with van der Waals surface area (Å²) in [5, 5.41) is 0.195.